The van der Waals surface area contributed by atoms with E-state index in [0.717, 1.165) is 18.4 Å². The van der Waals surface area contributed by atoms with Crippen molar-refractivity contribution < 1.29 is 4.79 Å². The van der Waals surface area contributed by atoms with Gasteiger partial charge in [0.05, 0.1) is 0 Å². The van der Waals surface area contributed by atoms with Crippen molar-refractivity contribution in [3.05, 3.63) is 64.6 Å². The van der Waals surface area contributed by atoms with Gasteiger partial charge in [-0.05, 0) is 43.2 Å². The molecule has 3 N–H and O–H groups in total. The molecule has 0 aliphatic heterocycles. The number of hydrogen-bond donors (Lipinski definition) is 2. The van der Waals surface area contributed by atoms with Crippen LogP contribution in [0.25, 0.3) is 0 Å². The molecule has 120 valence electrons. The molecule has 0 saturated carbocycles. The van der Waals surface area contributed by atoms with Crippen LogP contribution in [0.15, 0.2) is 53.5 Å². The maximum absolute atomic E-state index is 11.9. The van der Waals surface area contributed by atoms with Gasteiger partial charge in [0, 0.05) is 36.5 Å². The van der Waals surface area contributed by atoms with Crippen LogP contribution in [0.2, 0.25) is 0 Å². The molecule has 0 fully saturated rings. The lowest BCUT2D eigenvalue weighted by molar-refractivity contribution is -0.116. The van der Waals surface area contributed by atoms with Crippen molar-refractivity contribution in [3.8, 4) is 0 Å². The minimum atomic E-state index is -0.0477. The predicted molar refractivity (Wildman–Crippen MR) is 95.5 cm³/mol. The number of aromatic nitrogens is 1. The average molecular weight is 329 g/mol. The van der Waals surface area contributed by atoms with Gasteiger partial charge in [-0.25, -0.2) is 0 Å². The first kappa shape index (κ1) is 16.9. The number of rotatable bonds is 7. The minimum absolute atomic E-state index is 0.0186. The summed E-state index contributed by atoms with van der Waals surface area (Å²) in [6.45, 7) is 0.621. The summed E-state index contributed by atoms with van der Waals surface area (Å²) >= 11 is 4.88. The van der Waals surface area contributed by atoms with E-state index >= 15 is 0 Å². The molecule has 0 spiro atoms. The van der Waals surface area contributed by atoms with Crippen LogP contribution in [-0.4, -0.2) is 15.5 Å². The summed E-state index contributed by atoms with van der Waals surface area (Å²) in [5, 5.41) is 2.83. The van der Waals surface area contributed by atoms with Crippen molar-refractivity contribution in [3.63, 3.8) is 0 Å². The first-order valence-electron chi connectivity index (χ1n) is 7.41. The molecule has 2 aromatic rings. The number of nitrogens with two attached hydrogens (primary N) is 1. The highest BCUT2D eigenvalue weighted by Crippen LogP contribution is 2.10. The second-order valence-electron chi connectivity index (χ2n) is 5.18. The largest absolute Gasteiger partial charge is 0.389 e. The Hall–Kier alpha value is -2.47. The molecule has 0 unspecified atom stereocenters. The predicted octanol–water partition coefficient (Wildman–Crippen LogP) is 2.29. The highest BCUT2D eigenvalue weighted by molar-refractivity contribution is 7.80. The van der Waals surface area contributed by atoms with Crippen LogP contribution in [0.1, 0.15) is 24.8 Å². The van der Waals surface area contributed by atoms with Crippen molar-refractivity contribution in [2.24, 2.45) is 5.73 Å². The monoisotopic (exact) mass is 329 g/mol. The van der Waals surface area contributed by atoms with Crippen molar-refractivity contribution >= 4 is 28.8 Å². The Morgan fingerprint density at radius 3 is 2.52 bits per heavy atom. The topological polar surface area (TPSA) is 77.1 Å². The van der Waals surface area contributed by atoms with Crippen LogP contribution in [0.3, 0.4) is 0 Å². The maximum Gasteiger partial charge on any atom is 0.250 e. The first-order valence-corrected chi connectivity index (χ1v) is 7.82. The Morgan fingerprint density at radius 2 is 1.87 bits per heavy atom. The number of hydrogen-bond acceptors (Lipinski definition) is 3. The number of pyridine rings is 1. The summed E-state index contributed by atoms with van der Waals surface area (Å²) in [6, 6.07) is 12.2. The summed E-state index contributed by atoms with van der Waals surface area (Å²) in [5.74, 6) is -0.0477. The Bertz CT molecular complexity index is 738. The molecule has 0 radical (unpaired) electrons. The molecule has 0 aliphatic rings. The molecule has 1 heterocycles. The molecule has 1 aromatic carbocycles. The number of nitrogens with zero attached hydrogens (tertiary/aromatic N) is 1. The van der Waals surface area contributed by atoms with E-state index in [0.29, 0.717) is 23.6 Å². The number of aryl methyl sites for hydroxylation is 1. The molecule has 1 amide bonds. The summed E-state index contributed by atoms with van der Waals surface area (Å²) in [5.41, 5.74) is 6.99. The van der Waals surface area contributed by atoms with Crippen molar-refractivity contribution in [2.75, 3.05) is 5.32 Å². The molecule has 1 aromatic heterocycles. The fourth-order valence-corrected chi connectivity index (χ4v) is 2.29. The Morgan fingerprint density at radius 1 is 1.13 bits per heavy atom. The molecule has 23 heavy (non-hydrogen) atoms. The van der Waals surface area contributed by atoms with Gasteiger partial charge in [0.1, 0.15) is 4.99 Å². The van der Waals surface area contributed by atoms with Crippen LogP contribution >= 0.6 is 12.2 Å². The van der Waals surface area contributed by atoms with Gasteiger partial charge in [0.2, 0.25) is 11.5 Å². The summed E-state index contributed by atoms with van der Waals surface area (Å²) < 4.78 is 1.65. The van der Waals surface area contributed by atoms with Crippen LogP contribution in [0.5, 0.6) is 0 Å². The number of unbranched alkanes of at least 4 members (excludes halogenated alkanes) is 1. The van der Waals surface area contributed by atoms with E-state index in [1.165, 1.54) is 6.07 Å². The van der Waals surface area contributed by atoms with Crippen LogP contribution < -0.4 is 16.6 Å². The number of carbonyl (C=O) groups excluding carboxylic acids is 1. The summed E-state index contributed by atoms with van der Waals surface area (Å²) in [7, 11) is 0. The smallest absolute Gasteiger partial charge is 0.250 e. The fourth-order valence-electron chi connectivity index (χ4n) is 2.15. The van der Waals surface area contributed by atoms with Crippen LogP contribution in [-0.2, 0) is 11.3 Å². The van der Waals surface area contributed by atoms with Crippen molar-refractivity contribution in [1.82, 2.24) is 4.57 Å². The third-order valence-corrected chi connectivity index (χ3v) is 3.64. The second-order valence-corrected chi connectivity index (χ2v) is 5.62. The quantitative estimate of drug-likeness (QED) is 0.603. The summed E-state index contributed by atoms with van der Waals surface area (Å²) in [6.07, 6.45) is 3.67. The Labute approximate surface area is 140 Å². The zero-order valence-electron chi connectivity index (χ0n) is 12.7. The molecule has 5 nitrogen and oxygen atoms in total. The van der Waals surface area contributed by atoms with Gasteiger partial charge in [0.15, 0.2) is 0 Å². The second kappa shape index (κ2) is 8.24. The van der Waals surface area contributed by atoms with Gasteiger partial charge < -0.3 is 15.6 Å². The zero-order valence-corrected chi connectivity index (χ0v) is 13.5. The number of thiocarbonyl (C=S) groups is 1. The van der Waals surface area contributed by atoms with E-state index in [-0.39, 0.29) is 11.5 Å². The average Bonchev–Trinajstić information content (AvgIpc) is 2.53. The maximum atomic E-state index is 11.9. The van der Waals surface area contributed by atoms with Crippen molar-refractivity contribution in [2.45, 2.75) is 25.8 Å². The van der Waals surface area contributed by atoms with E-state index in [1.54, 1.807) is 41.1 Å². The number of nitrogens with one attached hydrogen (secondary N) is 1. The minimum Gasteiger partial charge on any atom is -0.389 e. The summed E-state index contributed by atoms with van der Waals surface area (Å²) in [4.78, 5) is 23.7. The molecule has 0 bridgehead atoms. The number of anilines is 1. The van der Waals surface area contributed by atoms with E-state index in [9.17, 15) is 9.59 Å². The lowest BCUT2D eigenvalue weighted by Gasteiger charge is -2.07. The van der Waals surface area contributed by atoms with E-state index in [2.05, 4.69) is 5.32 Å². The van der Waals surface area contributed by atoms with E-state index in [1.807, 2.05) is 6.07 Å². The highest BCUT2D eigenvalue weighted by atomic mass is 32.1. The third-order valence-electron chi connectivity index (χ3n) is 3.41. The van der Waals surface area contributed by atoms with Gasteiger partial charge in [-0.15, -0.1) is 0 Å². The zero-order chi connectivity index (χ0) is 16.7. The van der Waals surface area contributed by atoms with Gasteiger partial charge in [-0.1, -0.05) is 18.3 Å². The van der Waals surface area contributed by atoms with E-state index in [4.69, 9.17) is 18.0 Å². The lowest BCUT2D eigenvalue weighted by atomic mass is 10.2. The van der Waals surface area contributed by atoms with E-state index < -0.39 is 0 Å². The molecular formula is C17H19N3O2S. The molecule has 0 aliphatic carbocycles. The van der Waals surface area contributed by atoms with Gasteiger partial charge in [-0.3, -0.25) is 9.59 Å². The lowest BCUT2D eigenvalue weighted by Crippen LogP contribution is -2.18. The molecule has 0 saturated heterocycles. The van der Waals surface area contributed by atoms with Gasteiger partial charge >= 0.3 is 0 Å². The molecule has 6 heteroatoms. The standard InChI is InChI=1S/C17H19N3O2S/c18-17(23)13-7-9-14(10-8-13)19-15(21)5-1-3-11-20-12-4-2-6-16(20)22/h2,4,6-10,12H,1,3,5,11H2,(H2,18,23)(H,19,21). The number of amides is 1. The third kappa shape index (κ3) is 5.34. The highest BCUT2D eigenvalue weighted by Gasteiger charge is 2.03. The Balaban J connectivity index is 1.74. The van der Waals surface area contributed by atoms with Crippen molar-refractivity contribution in [1.29, 1.82) is 0 Å². The Kier molecular flexibility index (Phi) is 6.05. The molecular weight excluding hydrogens is 310 g/mol. The SMILES string of the molecule is NC(=S)c1ccc(NC(=O)CCCCn2ccccc2=O)cc1. The number of carbonyl (C=O) groups is 1. The van der Waals surface area contributed by atoms with Gasteiger partial charge in [0.25, 0.3) is 0 Å². The molecule has 2 rings (SSSR count). The van der Waals surface area contributed by atoms with Gasteiger partial charge in [-0.2, -0.15) is 0 Å². The fraction of sp³-hybridized carbons (Fsp3) is 0.235. The first-order chi connectivity index (χ1) is 11.1. The molecule has 0 atom stereocenters. The van der Waals surface area contributed by atoms with Crippen LogP contribution in [0, 0.1) is 0 Å². The normalized spacial score (nSPS) is 10.3. The van der Waals surface area contributed by atoms with Crippen LogP contribution in [0.4, 0.5) is 5.69 Å². The number of benzene rings is 1.